The molecule has 0 bridgehead atoms. The molecule has 0 saturated carbocycles. The van der Waals surface area contributed by atoms with Crippen LogP contribution in [0.15, 0.2) is 54.6 Å². The van der Waals surface area contributed by atoms with E-state index in [0.29, 0.717) is 11.4 Å². The van der Waals surface area contributed by atoms with E-state index < -0.39 is 0 Å². The first-order valence-corrected chi connectivity index (χ1v) is 6.52. The number of benzene rings is 2. The molecule has 1 amide bonds. The maximum atomic E-state index is 11.8. The van der Waals surface area contributed by atoms with Crippen molar-refractivity contribution >= 4 is 11.6 Å². The molecule has 2 rings (SSSR count). The molecule has 0 saturated heterocycles. The van der Waals surface area contributed by atoms with Crippen LogP contribution in [0.3, 0.4) is 0 Å². The molecule has 0 aromatic heterocycles. The predicted molar refractivity (Wildman–Crippen MR) is 79.9 cm³/mol. The Kier molecular flexibility index (Phi) is 4.74. The number of nitrogens with two attached hydrogens (primary N) is 1. The smallest absolute Gasteiger partial charge is 0.226 e. The monoisotopic (exact) mass is 270 g/mol. The van der Waals surface area contributed by atoms with Crippen LogP contribution in [0.2, 0.25) is 0 Å². The Morgan fingerprint density at radius 1 is 1.15 bits per heavy atom. The van der Waals surface area contributed by atoms with Gasteiger partial charge in [0.05, 0.1) is 5.69 Å². The van der Waals surface area contributed by atoms with Crippen LogP contribution < -0.4 is 15.8 Å². The zero-order valence-electron chi connectivity index (χ0n) is 11.4. The zero-order chi connectivity index (χ0) is 14.4. The second-order valence-corrected chi connectivity index (χ2v) is 4.64. The lowest BCUT2D eigenvalue weighted by atomic mass is 10.2. The van der Waals surface area contributed by atoms with Gasteiger partial charge in [0.15, 0.2) is 5.75 Å². The SMILES string of the molecule is CC(N)CC(=O)Nc1ccccc1Oc1ccccc1. The van der Waals surface area contributed by atoms with E-state index in [1.54, 1.807) is 13.0 Å². The van der Waals surface area contributed by atoms with E-state index in [2.05, 4.69) is 5.32 Å². The third-order valence-corrected chi connectivity index (χ3v) is 2.64. The standard InChI is InChI=1S/C16H18N2O2/c1-12(17)11-16(19)18-14-9-5-6-10-15(14)20-13-7-3-2-4-8-13/h2-10,12H,11,17H2,1H3,(H,18,19). The fourth-order valence-electron chi connectivity index (χ4n) is 1.77. The first-order valence-electron chi connectivity index (χ1n) is 6.52. The van der Waals surface area contributed by atoms with Crippen molar-refractivity contribution in [2.75, 3.05) is 5.32 Å². The average molecular weight is 270 g/mol. The Labute approximate surface area is 118 Å². The zero-order valence-corrected chi connectivity index (χ0v) is 11.4. The molecular formula is C16H18N2O2. The van der Waals surface area contributed by atoms with Crippen LogP contribution in [-0.4, -0.2) is 11.9 Å². The molecule has 4 heteroatoms. The van der Waals surface area contributed by atoms with Crippen molar-refractivity contribution in [3.8, 4) is 11.5 Å². The third kappa shape index (κ3) is 4.10. The van der Waals surface area contributed by atoms with Gasteiger partial charge in [0.2, 0.25) is 5.91 Å². The number of rotatable bonds is 5. The second kappa shape index (κ2) is 6.73. The molecule has 0 radical (unpaired) electrons. The number of para-hydroxylation sites is 3. The lowest BCUT2D eigenvalue weighted by Gasteiger charge is -2.12. The molecule has 0 aliphatic carbocycles. The summed E-state index contributed by atoms with van der Waals surface area (Å²) >= 11 is 0. The van der Waals surface area contributed by atoms with Crippen molar-refractivity contribution in [1.82, 2.24) is 0 Å². The molecule has 2 aromatic carbocycles. The van der Waals surface area contributed by atoms with Gasteiger partial charge in [-0.05, 0) is 31.2 Å². The van der Waals surface area contributed by atoms with Crippen molar-refractivity contribution in [1.29, 1.82) is 0 Å². The van der Waals surface area contributed by atoms with Crippen LogP contribution in [0, 0.1) is 0 Å². The van der Waals surface area contributed by atoms with Crippen molar-refractivity contribution in [3.05, 3.63) is 54.6 Å². The molecule has 104 valence electrons. The van der Waals surface area contributed by atoms with Gasteiger partial charge < -0.3 is 15.8 Å². The number of carbonyl (C=O) groups excluding carboxylic acids is 1. The van der Waals surface area contributed by atoms with E-state index in [1.165, 1.54) is 0 Å². The summed E-state index contributed by atoms with van der Waals surface area (Å²) in [5.41, 5.74) is 6.26. The quantitative estimate of drug-likeness (QED) is 0.877. The van der Waals surface area contributed by atoms with Crippen LogP contribution in [0.25, 0.3) is 0 Å². The number of anilines is 1. The maximum Gasteiger partial charge on any atom is 0.226 e. The molecule has 0 heterocycles. The van der Waals surface area contributed by atoms with Crippen LogP contribution in [0.1, 0.15) is 13.3 Å². The van der Waals surface area contributed by atoms with Gasteiger partial charge in [-0.3, -0.25) is 4.79 Å². The van der Waals surface area contributed by atoms with E-state index in [4.69, 9.17) is 10.5 Å². The fraction of sp³-hybridized carbons (Fsp3) is 0.188. The summed E-state index contributed by atoms with van der Waals surface area (Å²) < 4.78 is 5.77. The molecule has 20 heavy (non-hydrogen) atoms. The minimum Gasteiger partial charge on any atom is -0.455 e. The predicted octanol–water partition coefficient (Wildman–Crippen LogP) is 3.15. The van der Waals surface area contributed by atoms with Gasteiger partial charge in [0.1, 0.15) is 5.75 Å². The average Bonchev–Trinajstić information content (AvgIpc) is 2.41. The largest absolute Gasteiger partial charge is 0.455 e. The third-order valence-electron chi connectivity index (χ3n) is 2.64. The highest BCUT2D eigenvalue weighted by Crippen LogP contribution is 2.29. The van der Waals surface area contributed by atoms with E-state index in [1.807, 2.05) is 48.5 Å². The maximum absolute atomic E-state index is 11.8. The molecule has 3 N–H and O–H groups in total. The van der Waals surface area contributed by atoms with Crippen molar-refractivity contribution in [2.45, 2.75) is 19.4 Å². The lowest BCUT2D eigenvalue weighted by Crippen LogP contribution is -2.24. The van der Waals surface area contributed by atoms with Crippen molar-refractivity contribution in [3.63, 3.8) is 0 Å². The minimum absolute atomic E-state index is 0.121. The molecule has 2 aromatic rings. The summed E-state index contributed by atoms with van der Waals surface area (Å²) in [6.45, 7) is 1.80. The van der Waals surface area contributed by atoms with Gasteiger partial charge in [-0.25, -0.2) is 0 Å². The van der Waals surface area contributed by atoms with Crippen LogP contribution in [0.4, 0.5) is 5.69 Å². The highest BCUT2D eigenvalue weighted by molar-refractivity contribution is 5.92. The second-order valence-electron chi connectivity index (χ2n) is 4.64. The first kappa shape index (κ1) is 14.1. The number of nitrogens with one attached hydrogen (secondary N) is 1. The molecule has 0 spiro atoms. The van der Waals surface area contributed by atoms with Gasteiger partial charge >= 0.3 is 0 Å². The van der Waals surface area contributed by atoms with Crippen LogP contribution >= 0.6 is 0 Å². The van der Waals surface area contributed by atoms with Crippen LogP contribution in [-0.2, 0) is 4.79 Å². The van der Waals surface area contributed by atoms with E-state index in [9.17, 15) is 4.79 Å². The van der Waals surface area contributed by atoms with Gasteiger partial charge in [-0.2, -0.15) is 0 Å². The minimum atomic E-state index is -0.169. The Bertz CT molecular complexity index is 568. The number of amides is 1. The van der Waals surface area contributed by atoms with Crippen LogP contribution in [0.5, 0.6) is 11.5 Å². The number of ether oxygens (including phenoxy) is 1. The normalized spacial score (nSPS) is 11.7. The topological polar surface area (TPSA) is 64.4 Å². The molecule has 0 fully saturated rings. The molecule has 4 nitrogen and oxygen atoms in total. The summed E-state index contributed by atoms with van der Waals surface area (Å²) in [4.78, 5) is 11.8. The fourth-order valence-corrected chi connectivity index (χ4v) is 1.77. The summed E-state index contributed by atoms with van der Waals surface area (Å²) in [7, 11) is 0. The number of carbonyl (C=O) groups is 1. The number of hydrogen-bond donors (Lipinski definition) is 2. The summed E-state index contributed by atoms with van der Waals surface area (Å²) in [5, 5.41) is 2.82. The van der Waals surface area contributed by atoms with Crippen molar-refractivity contribution < 1.29 is 9.53 Å². The Balaban J connectivity index is 2.12. The van der Waals surface area contributed by atoms with E-state index >= 15 is 0 Å². The molecule has 0 aliphatic rings. The van der Waals surface area contributed by atoms with Gasteiger partial charge in [-0.15, -0.1) is 0 Å². The molecule has 0 aliphatic heterocycles. The molecular weight excluding hydrogens is 252 g/mol. The number of hydrogen-bond acceptors (Lipinski definition) is 3. The van der Waals surface area contributed by atoms with Gasteiger partial charge in [0.25, 0.3) is 0 Å². The highest BCUT2D eigenvalue weighted by Gasteiger charge is 2.09. The summed E-state index contributed by atoms with van der Waals surface area (Å²) in [6, 6.07) is 16.6. The Morgan fingerprint density at radius 2 is 1.80 bits per heavy atom. The highest BCUT2D eigenvalue weighted by atomic mass is 16.5. The molecule has 1 unspecified atom stereocenters. The Morgan fingerprint density at radius 3 is 2.50 bits per heavy atom. The first-order chi connectivity index (χ1) is 9.65. The molecule has 1 atom stereocenters. The van der Waals surface area contributed by atoms with Gasteiger partial charge in [-0.1, -0.05) is 30.3 Å². The summed E-state index contributed by atoms with van der Waals surface area (Å²) in [5.74, 6) is 1.21. The van der Waals surface area contributed by atoms with Crippen molar-refractivity contribution in [2.24, 2.45) is 5.73 Å². The lowest BCUT2D eigenvalue weighted by molar-refractivity contribution is -0.116. The summed E-state index contributed by atoms with van der Waals surface area (Å²) in [6.07, 6.45) is 0.277. The van der Waals surface area contributed by atoms with E-state index in [0.717, 1.165) is 5.75 Å². The van der Waals surface area contributed by atoms with E-state index in [-0.39, 0.29) is 18.4 Å². The Hall–Kier alpha value is -2.33. The van der Waals surface area contributed by atoms with Gasteiger partial charge in [0, 0.05) is 12.5 Å².